The zero-order valence-corrected chi connectivity index (χ0v) is 20.5. The highest BCUT2D eigenvalue weighted by Gasteiger charge is 2.28. The van der Waals surface area contributed by atoms with Crippen LogP contribution in [-0.2, 0) is 16.1 Å². The Kier molecular flexibility index (Phi) is 8.63. The Morgan fingerprint density at radius 1 is 1.18 bits per heavy atom. The molecular weight excluding hydrogens is 437 g/mol. The molecule has 2 amide bonds. The predicted octanol–water partition coefficient (Wildman–Crippen LogP) is 3.79. The van der Waals surface area contributed by atoms with E-state index in [-0.39, 0.29) is 35.7 Å². The normalized spacial score (nSPS) is 22.2. The molecule has 0 aliphatic carbocycles. The molecule has 0 spiro atoms. The first-order chi connectivity index (χ1) is 16.2. The van der Waals surface area contributed by atoms with Gasteiger partial charge in [-0.3, -0.25) is 14.5 Å². The lowest BCUT2D eigenvalue weighted by atomic mass is 10.0. The lowest BCUT2D eigenvalue weighted by molar-refractivity contribution is -0.114. The summed E-state index contributed by atoms with van der Waals surface area (Å²) in [5.74, 6) is -0.0910. The number of hydrogen-bond acceptors (Lipinski definition) is 5. The van der Waals surface area contributed by atoms with Gasteiger partial charge in [-0.15, -0.1) is 0 Å². The first-order valence-electron chi connectivity index (χ1n) is 11.5. The van der Waals surface area contributed by atoms with Crippen LogP contribution in [0.15, 0.2) is 42.5 Å². The summed E-state index contributed by atoms with van der Waals surface area (Å²) in [5.41, 5.74) is 1.99. The molecule has 7 nitrogen and oxygen atoms in total. The third-order valence-electron chi connectivity index (χ3n) is 6.20. The Bertz CT molecular complexity index is 998. The van der Waals surface area contributed by atoms with Crippen molar-refractivity contribution in [2.75, 3.05) is 39.2 Å². The Morgan fingerprint density at radius 3 is 2.53 bits per heavy atom. The molecule has 0 radical (unpaired) electrons. The molecule has 0 saturated heterocycles. The van der Waals surface area contributed by atoms with Gasteiger partial charge in [0.1, 0.15) is 18.2 Å². The number of hydrogen-bond donors (Lipinski definition) is 1. The molecular formula is C26H34FN3O4. The van der Waals surface area contributed by atoms with Crippen molar-refractivity contribution in [3.8, 4) is 5.75 Å². The minimum absolute atomic E-state index is 0.00506. The third-order valence-corrected chi connectivity index (χ3v) is 6.20. The van der Waals surface area contributed by atoms with E-state index < -0.39 is 0 Å². The van der Waals surface area contributed by atoms with Gasteiger partial charge in [-0.1, -0.05) is 19.1 Å². The molecule has 3 atom stereocenters. The van der Waals surface area contributed by atoms with Gasteiger partial charge in [0.15, 0.2) is 0 Å². The highest BCUT2D eigenvalue weighted by Crippen LogP contribution is 2.27. The molecule has 3 rings (SSSR count). The molecule has 0 aromatic heterocycles. The lowest BCUT2D eigenvalue weighted by Gasteiger charge is -2.36. The van der Waals surface area contributed by atoms with Gasteiger partial charge >= 0.3 is 0 Å². The summed E-state index contributed by atoms with van der Waals surface area (Å²) < 4.78 is 25.3. The van der Waals surface area contributed by atoms with Gasteiger partial charge in [0.25, 0.3) is 5.91 Å². The van der Waals surface area contributed by atoms with Crippen molar-refractivity contribution in [1.82, 2.24) is 9.80 Å². The number of fused-ring (bicyclic) bond motifs is 1. The van der Waals surface area contributed by atoms with Crippen LogP contribution in [0.4, 0.5) is 10.1 Å². The second kappa shape index (κ2) is 11.4. The first kappa shape index (κ1) is 25.6. The second-order valence-corrected chi connectivity index (χ2v) is 9.05. The number of ether oxygens (including phenoxy) is 2. The van der Waals surface area contributed by atoms with Gasteiger partial charge in [0.05, 0.1) is 11.7 Å². The number of likely N-dealkylation sites (N-methyl/N-ethyl adjacent to an activating group) is 1. The number of halogens is 1. The van der Waals surface area contributed by atoms with E-state index in [2.05, 4.69) is 24.1 Å². The number of amides is 2. The van der Waals surface area contributed by atoms with Gasteiger partial charge < -0.3 is 19.7 Å². The van der Waals surface area contributed by atoms with Gasteiger partial charge in [0.2, 0.25) is 5.91 Å². The maximum atomic E-state index is 13.4. The molecule has 0 fully saturated rings. The average Bonchev–Trinajstić information content (AvgIpc) is 2.80. The summed E-state index contributed by atoms with van der Waals surface area (Å²) in [6, 6.07) is 11.6. The summed E-state index contributed by atoms with van der Waals surface area (Å²) in [7, 11) is 3.41. The van der Waals surface area contributed by atoms with E-state index >= 15 is 0 Å². The van der Waals surface area contributed by atoms with Crippen LogP contribution in [0.25, 0.3) is 0 Å². The quantitative estimate of drug-likeness (QED) is 0.735. The van der Waals surface area contributed by atoms with E-state index in [0.717, 1.165) is 5.56 Å². The third kappa shape index (κ3) is 6.55. The second-order valence-electron chi connectivity index (χ2n) is 9.05. The van der Waals surface area contributed by atoms with E-state index in [4.69, 9.17) is 9.47 Å². The van der Waals surface area contributed by atoms with E-state index in [0.29, 0.717) is 43.2 Å². The van der Waals surface area contributed by atoms with Crippen molar-refractivity contribution in [2.24, 2.45) is 5.92 Å². The predicted molar refractivity (Wildman–Crippen MR) is 129 cm³/mol. The largest absolute Gasteiger partial charge is 0.491 e. The number of benzene rings is 2. The number of nitrogens with one attached hydrogen (secondary N) is 1. The molecule has 1 aliphatic rings. The number of methoxy groups -OCH3 is 1. The molecule has 0 bridgehead atoms. The van der Waals surface area contributed by atoms with Crippen LogP contribution in [0.2, 0.25) is 0 Å². The summed E-state index contributed by atoms with van der Waals surface area (Å²) in [6.45, 7) is 7.69. The lowest BCUT2D eigenvalue weighted by Crippen LogP contribution is -2.46. The molecule has 2 aromatic rings. The monoisotopic (exact) mass is 471 g/mol. The SMILES string of the molecule is CO[C@@H]1CN(C)C(=O)c2ccc(NC(C)=O)cc2OC[C@H](C)N(Cc2ccc(F)cc2)C[C@@H]1C. The van der Waals surface area contributed by atoms with E-state index in [1.165, 1.54) is 19.1 Å². The summed E-state index contributed by atoms with van der Waals surface area (Å²) in [6.07, 6.45) is -0.167. The van der Waals surface area contributed by atoms with Crippen molar-refractivity contribution in [1.29, 1.82) is 0 Å². The van der Waals surface area contributed by atoms with Crippen molar-refractivity contribution < 1.29 is 23.5 Å². The van der Waals surface area contributed by atoms with Crippen molar-refractivity contribution in [2.45, 2.75) is 39.5 Å². The minimum atomic E-state index is -0.263. The van der Waals surface area contributed by atoms with Gasteiger partial charge in [0, 0.05) is 58.5 Å². The highest BCUT2D eigenvalue weighted by molar-refractivity contribution is 5.98. The smallest absolute Gasteiger partial charge is 0.257 e. The van der Waals surface area contributed by atoms with Crippen LogP contribution in [0, 0.1) is 11.7 Å². The van der Waals surface area contributed by atoms with Crippen LogP contribution in [-0.4, -0.2) is 67.6 Å². The summed E-state index contributed by atoms with van der Waals surface area (Å²) in [5, 5.41) is 2.74. The Balaban J connectivity index is 1.94. The van der Waals surface area contributed by atoms with Crippen molar-refractivity contribution >= 4 is 17.5 Å². The van der Waals surface area contributed by atoms with Gasteiger partial charge in [-0.2, -0.15) is 0 Å². The molecule has 2 aromatic carbocycles. The Hall–Kier alpha value is -2.97. The number of nitrogens with zero attached hydrogens (tertiary/aromatic N) is 2. The molecule has 0 saturated carbocycles. The number of rotatable bonds is 4. The summed E-state index contributed by atoms with van der Waals surface area (Å²) >= 11 is 0. The van der Waals surface area contributed by atoms with E-state index in [1.54, 1.807) is 49.4 Å². The summed E-state index contributed by atoms with van der Waals surface area (Å²) in [4.78, 5) is 28.7. The van der Waals surface area contributed by atoms with Crippen LogP contribution in [0.5, 0.6) is 5.75 Å². The fourth-order valence-electron chi connectivity index (χ4n) is 4.17. The maximum Gasteiger partial charge on any atom is 0.257 e. The van der Waals surface area contributed by atoms with E-state index in [1.807, 2.05) is 0 Å². The van der Waals surface area contributed by atoms with Crippen LogP contribution in [0.3, 0.4) is 0 Å². The molecule has 34 heavy (non-hydrogen) atoms. The number of anilines is 1. The molecule has 8 heteroatoms. The average molecular weight is 472 g/mol. The zero-order valence-electron chi connectivity index (χ0n) is 20.5. The van der Waals surface area contributed by atoms with Crippen LogP contribution >= 0.6 is 0 Å². The fourth-order valence-corrected chi connectivity index (χ4v) is 4.17. The van der Waals surface area contributed by atoms with Gasteiger partial charge in [-0.25, -0.2) is 4.39 Å². The standard InChI is InChI=1S/C26H34FN3O4/c1-17-13-30(14-20-6-8-21(27)9-7-20)18(2)16-34-24-12-22(28-19(3)31)10-11-23(24)26(32)29(4)15-25(17)33-5/h6-12,17-18,25H,13-16H2,1-5H3,(H,28,31)/t17-,18-,25+/m0/s1. The Morgan fingerprint density at radius 2 is 1.88 bits per heavy atom. The molecule has 1 N–H and O–H groups in total. The van der Waals surface area contributed by atoms with Crippen molar-refractivity contribution in [3.05, 3.63) is 59.4 Å². The first-order valence-corrected chi connectivity index (χ1v) is 11.5. The Labute approximate surface area is 200 Å². The number of carbonyl (C=O) groups excluding carboxylic acids is 2. The van der Waals surface area contributed by atoms with Crippen LogP contribution < -0.4 is 10.1 Å². The topological polar surface area (TPSA) is 71.1 Å². The van der Waals surface area contributed by atoms with Crippen LogP contribution in [0.1, 0.15) is 36.7 Å². The molecule has 184 valence electrons. The van der Waals surface area contributed by atoms with E-state index in [9.17, 15) is 14.0 Å². The number of carbonyl (C=O) groups is 2. The van der Waals surface area contributed by atoms with Gasteiger partial charge in [-0.05, 0) is 42.7 Å². The maximum absolute atomic E-state index is 13.4. The molecule has 1 heterocycles. The minimum Gasteiger partial charge on any atom is -0.491 e. The zero-order chi connectivity index (χ0) is 24.8. The van der Waals surface area contributed by atoms with Crippen molar-refractivity contribution in [3.63, 3.8) is 0 Å². The molecule has 1 aliphatic heterocycles. The fraction of sp³-hybridized carbons (Fsp3) is 0.462. The highest BCUT2D eigenvalue weighted by atomic mass is 19.1. The molecule has 0 unspecified atom stereocenters.